The normalized spacial score (nSPS) is 12.9. The largest absolute Gasteiger partial charge is 0.495 e. The van der Waals surface area contributed by atoms with Crippen LogP contribution in [0.3, 0.4) is 0 Å². The number of methoxy groups -OCH3 is 1. The highest BCUT2D eigenvalue weighted by molar-refractivity contribution is 6.17. The van der Waals surface area contributed by atoms with Crippen LogP contribution in [0.1, 0.15) is 5.69 Å². The molecule has 0 amide bonds. The average Bonchev–Trinajstić information content (AvgIpc) is 3.44. The molecular formula is C22H18N6O. The molecule has 2 aromatic heterocycles. The van der Waals surface area contributed by atoms with Gasteiger partial charge in [-0.2, -0.15) is 5.10 Å². The molecular weight excluding hydrogens is 364 g/mol. The Morgan fingerprint density at radius 1 is 1.03 bits per heavy atom. The van der Waals surface area contributed by atoms with Crippen LogP contribution >= 0.6 is 0 Å². The Labute approximate surface area is 167 Å². The Hall–Kier alpha value is -4.00. The molecule has 0 fully saturated rings. The predicted octanol–water partition coefficient (Wildman–Crippen LogP) is 4.13. The molecule has 7 nitrogen and oxygen atoms in total. The van der Waals surface area contributed by atoms with E-state index in [1.807, 2.05) is 42.5 Å². The van der Waals surface area contributed by atoms with E-state index in [9.17, 15) is 0 Å². The van der Waals surface area contributed by atoms with Crippen LogP contribution < -0.4 is 10.1 Å². The first kappa shape index (κ1) is 17.1. The zero-order valence-electron chi connectivity index (χ0n) is 15.8. The van der Waals surface area contributed by atoms with E-state index in [4.69, 9.17) is 4.74 Å². The first-order valence-electron chi connectivity index (χ1n) is 9.24. The zero-order valence-corrected chi connectivity index (χ0v) is 15.8. The molecule has 0 saturated carbocycles. The van der Waals surface area contributed by atoms with Crippen LogP contribution in [0.5, 0.6) is 5.75 Å². The molecule has 3 heterocycles. The van der Waals surface area contributed by atoms with Gasteiger partial charge in [-0.1, -0.05) is 42.5 Å². The Bertz CT molecular complexity index is 1240. The summed E-state index contributed by atoms with van der Waals surface area (Å²) in [5, 5.41) is 11.6. The minimum atomic E-state index is 0.582. The maximum Gasteiger partial charge on any atom is 0.186 e. The molecule has 0 spiro atoms. The van der Waals surface area contributed by atoms with E-state index in [2.05, 4.69) is 48.7 Å². The lowest BCUT2D eigenvalue weighted by atomic mass is 10.0. The standard InChI is InChI=1S/C22H18N6O/c1-29-18-10-9-15(14-6-3-2-4-7-14)12-17(18)26-21-19-20(16-8-5-11-23-16)27-28-22(19)25-13-24-21/h2-10,12-13H,11H2,1H3,(H2,24,25,26,27,28). The van der Waals surface area contributed by atoms with Crippen molar-refractivity contribution in [2.24, 2.45) is 4.99 Å². The van der Waals surface area contributed by atoms with Gasteiger partial charge >= 0.3 is 0 Å². The average molecular weight is 382 g/mol. The Morgan fingerprint density at radius 3 is 2.72 bits per heavy atom. The number of aromatic nitrogens is 4. The van der Waals surface area contributed by atoms with Gasteiger partial charge in [-0.3, -0.25) is 10.1 Å². The van der Waals surface area contributed by atoms with E-state index in [-0.39, 0.29) is 0 Å². The Balaban J connectivity index is 1.61. The zero-order chi connectivity index (χ0) is 19.6. The number of nitrogens with zero attached hydrogens (tertiary/aromatic N) is 4. The third-order valence-corrected chi connectivity index (χ3v) is 4.81. The summed E-state index contributed by atoms with van der Waals surface area (Å²) >= 11 is 0. The van der Waals surface area contributed by atoms with E-state index in [1.54, 1.807) is 7.11 Å². The molecule has 1 aliphatic heterocycles. The molecule has 0 radical (unpaired) electrons. The fraction of sp³-hybridized carbons (Fsp3) is 0.0909. The molecule has 7 heteroatoms. The molecule has 0 bridgehead atoms. The fourth-order valence-corrected chi connectivity index (χ4v) is 3.41. The second-order valence-electron chi connectivity index (χ2n) is 6.55. The van der Waals surface area contributed by atoms with Crippen LogP contribution in [0.4, 0.5) is 11.5 Å². The number of hydrogen-bond acceptors (Lipinski definition) is 6. The number of allylic oxidation sites excluding steroid dienone is 1. The monoisotopic (exact) mass is 382 g/mol. The topological polar surface area (TPSA) is 88.1 Å². The Kier molecular flexibility index (Phi) is 4.25. The summed E-state index contributed by atoms with van der Waals surface area (Å²) in [6.45, 7) is 0.666. The fourth-order valence-electron chi connectivity index (χ4n) is 3.41. The molecule has 2 aromatic carbocycles. The number of benzene rings is 2. The number of hydrogen-bond donors (Lipinski definition) is 2. The maximum absolute atomic E-state index is 5.57. The molecule has 0 unspecified atom stereocenters. The second kappa shape index (κ2) is 7.20. The molecule has 142 valence electrons. The van der Waals surface area contributed by atoms with Crippen molar-refractivity contribution >= 4 is 28.3 Å². The van der Waals surface area contributed by atoms with Gasteiger partial charge in [-0.05, 0) is 29.3 Å². The van der Waals surface area contributed by atoms with Gasteiger partial charge in [0.2, 0.25) is 0 Å². The molecule has 29 heavy (non-hydrogen) atoms. The highest BCUT2D eigenvalue weighted by Gasteiger charge is 2.18. The lowest BCUT2D eigenvalue weighted by molar-refractivity contribution is 0.417. The smallest absolute Gasteiger partial charge is 0.186 e. The minimum absolute atomic E-state index is 0.582. The number of ether oxygens (including phenoxy) is 1. The maximum atomic E-state index is 5.57. The van der Waals surface area contributed by atoms with Gasteiger partial charge in [0, 0.05) is 0 Å². The van der Waals surface area contributed by atoms with Crippen molar-refractivity contribution in [3.63, 3.8) is 0 Å². The molecule has 2 N–H and O–H groups in total. The third kappa shape index (κ3) is 3.12. The van der Waals surface area contributed by atoms with Crippen molar-refractivity contribution < 1.29 is 4.74 Å². The summed E-state index contributed by atoms with van der Waals surface area (Å²) < 4.78 is 5.57. The summed E-state index contributed by atoms with van der Waals surface area (Å²) in [5.74, 6) is 1.37. The van der Waals surface area contributed by atoms with Crippen molar-refractivity contribution in [1.29, 1.82) is 0 Å². The second-order valence-corrected chi connectivity index (χ2v) is 6.55. The summed E-state index contributed by atoms with van der Waals surface area (Å²) in [6.07, 6.45) is 5.47. The number of H-pyrrole nitrogens is 1. The van der Waals surface area contributed by atoms with E-state index < -0.39 is 0 Å². The highest BCUT2D eigenvalue weighted by atomic mass is 16.5. The molecule has 0 atom stereocenters. The summed E-state index contributed by atoms with van der Waals surface area (Å²) in [5.41, 5.74) is 5.24. The molecule has 4 aromatic rings. The number of aromatic amines is 1. The third-order valence-electron chi connectivity index (χ3n) is 4.81. The minimum Gasteiger partial charge on any atom is -0.495 e. The van der Waals surface area contributed by atoms with E-state index in [0.29, 0.717) is 18.0 Å². The van der Waals surface area contributed by atoms with Gasteiger partial charge in [0.25, 0.3) is 0 Å². The van der Waals surface area contributed by atoms with Crippen molar-refractivity contribution in [2.75, 3.05) is 19.0 Å². The quantitative estimate of drug-likeness (QED) is 0.542. The van der Waals surface area contributed by atoms with Gasteiger partial charge in [-0.25, -0.2) is 9.97 Å². The van der Waals surface area contributed by atoms with Crippen molar-refractivity contribution in [1.82, 2.24) is 20.2 Å². The van der Waals surface area contributed by atoms with Crippen LogP contribution in [0.2, 0.25) is 0 Å². The molecule has 1 aliphatic rings. The highest BCUT2D eigenvalue weighted by Crippen LogP contribution is 2.34. The SMILES string of the molecule is COc1ccc(-c2ccccc2)cc1Nc1ncnc2n[nH]c(C3=NCC=C3)c12. The van der Waals surface area contributed by atoms with E-state index in [0.717, 1.165) is 39.4 Å². The van der Waals surface area contributed by atoms with Gasteiger partial charge in [0.15, 0.2) is 5.65 Å². The van der Waals surface area contributed by atoms with Crippen LogP contribution in [0, 0.1) is 0 Å². The van der Waals surface area contributed by atoms with Crippen molar-refractivity contribution in [3.05, 3.63) is 72.7 Å². The summed E-state index contributed by atoms with van der Waals surface area (Å²) in [7, 11) is 1.65. The van der Waals surface area contributed by atoms with E-state index >= 15 is 0 Å². The van der Waals surface area contributed by atoms with E-state index in [1.165, 1.54) is 6.33 Å². The van der Waals surface area contributed by atoms with Crippen LogP contribution in [0.25, 0.3) is 22.2 Å². The molecule has 0 saturated heterocycles. The number of aliphatic imine (C=N–C) groups is 1. The van der Waals surface area contributed by atoms with Gasteiger partial charge in [0.1, 0.15) is 17.9 Å². The lowest BCUT2D eigenvalue weighted by Gasteiger charge is -2.13. The number of anilines is 2. The molecule has 5 rings (SSSR count). The van der Waals surface area contributed by atoms with Gasteiger partial charge in [0.05, 0.1) is 36.1 Å². The first-order chi connectivity index (χ1) is 14.3. The molecule has 0 aliphatic carbocycles. The van der Waals surface area contributed by atoms with Crippen LogP contribution in [0.15, 0.2) is 72.0 Å². The number of fused-ring (bicyclic) bond motifs is 1. The predicted molar refractivity (Wildman–Crippen MR) is 114 cm³/mol. The lowest BCUT2D eigenvalue weighted by Crippen LogP contribution is -2.01. The summed E-state index contributed by atoms with van der Waals surface area (Å²) in [4.78, 5) is 13.2. The van der Waals surface area contributed by atoms with Crippen molar-refractivity contribution in [3.8, 4) is 16.9 Å². The summed E-state index contributed by atoms with van der Waals surface area (Å²) in [6, 6.07) is 16.2. The number of nitrogens with one attached hydrogen (secondary N) is 2. The number of rotatable bonds is 5. The van der Waals surface area contributed by atoms with Crippen molar-refractivity contribution in [2.45, 2.75) is 0 Å². The van der Waals surface area contributed by atoms with Gasteiger partial charge in [-0.15, -0.1) is 0 Å². The van der Waals surface area contributed by atoms with Gasteiger partial charge < -0.3 is 10.1 Å². The van der Waals surface area contributed by atoms with Crippen LogP contribution in [-0.2, 0) is 0 Å². The van der Waals surface area contributed by atoms with Crippen LogP contribution in [-0.4, -0.2) is 39.5 Å². The Morgan fingerprint density at radius 2 is 1.93 bits per heavy atom. The first-order valence-corrected chi connectivity index (χ1v) is 9.24.